The van der Waals surface area contributed by atoms with Crippen molar-refractivity contribution in [2.45, 2.75) is 45.7 Å². The molecule has 0 spiro atoms. The lowest BCUT2D eigenvalue weighted by Gasteiger charge is -2.31. The zero-order valence-corrected chi connectivity index (χ0v) is 21.4. The van der Waals surface area contributed by atoms with E-state index in [0.717, 1.165) is 16.7 Å². The first-order valence-electron chi connectivity index (χ1n) is 12.5. The predicted molar refractivity (Wildman–Crippen MR) is 142 cm³/mol. The lowest BCUT2D eigenvalue weighted by molar-refractivity contribution is -0.141. The fourth-order valence-electron chi connectivity index (χ4n) is 4.15. The molecule has 0 aliphatic rings. The summed E-state index contributed by atoms with van der Waals surface area (Å²) in [6.07, 6.45) is 1.24. The first kappa shape index (κ1) is 26.8. The Morgan fingerprint density at radius 2 is 1.42 bits per heavy atom. The van der Waals surface area contributed by atoms with E-state index in [1.807, 2.05) is 92.7 Å². The maximum atomic E-state index is 13.6. The highest BCUT2D eigenvalue weighted by molar-refractivity contribution is 5.88. The van der Waals surface area contributed by atoms with Gasteiger partial charge in [-0.1, -0.05) is 66.7 Å². The van der Waals surface area contributed by atoms with Gasteiger partial charge in [-0.15, -0.1) is 0 Å². The van der Waals surface area contributed by atoms with Crippen LogP contribution < -0.4 is 14.8 Å². The summed E-state index contributed by atoms with van der Waals surface area (Å²) >= 11 is 0. The highest BCUT2D eigenvalue weighted by Gasteiger charge is 2.29. The minimum atomic E-state index is -0.621. The van der Waals surface area contributed by atoms with Crippen LogP contribution in [0.5, 0.6) is 11.5 Å². The molecule has 0 radical (unpaired) electrons. The topological polar surface area (TPSA) is 67.9 Å². The van der Waals surface area contributed by atoms with Gasteiger partial charge in [-0.3, -0.25) is 9.59 Å². The van der Waals surface area contributed by atoms with Gasteiger partial charge in [-0.05, 0) is 49.1 Å². The Morgan fingerprint density at radius 1 is 0.806 bits per heavy atom. The first-order valence-corrected chi connectivity index (χ1v) is 12.5. The number of nitrogens with zero attached hydrogens (tertiary/aromatic N) is 1. The summed E-state index contributed by atoms with van der Waals surface area (Å²) in [7, 11) is 1.61. The van der Waals surface area contributed by atoms with Gasteiger partial charge in [0.1, 0.15) is 6.04 Å². The maximum Gasteiger partial charge on any atom is 0.242 e. The van der Waals surface area contributed by atoms with Crippen molar-refractivity contribution < 1.29 is 19.1 Å². The van der Waals surface area contributed by atoms with Crippen LogP contribution in [-0.2, 0) is 29.0 Å². The quantitative estimate of drug-likeness (QED) is 0.375. The molecule has 190 valence electrons. The van der Waals surface area contributed by atoms with Crippen LogP contribution in [0.15, 0.2) is 78.9 Å². The number of ether oxygens (including phenoxy) is 2. The predicted octanol–water partition coefficient (Wildman–Crippen LogP) is 4.80. The average molecular weight is 489 g/mol. The summed E-state index contributed by atoms with van der Waals surface area (Å²) in [4.78, 5) is 28.4. The normalized spacial score (nSPS) is 11.4. The molecule has 6 nitrogen and oxygen atoms in total. The molecule has 0 fully saturated rings. The smallest absolute Gasteiger partial charge is 0.242 e. The number of amides is 2. The molecule has 6 heteroatoms. The monoisotopic (exact) mass is 488 g/mol. The maximum absolute atomic E-state index is 13.6. The Hall–Kier alpha value is -3.80. The molecule has 0 aliphatic carbocycles. The summed E-state index contributed by atoms with van der Waals surface area (Å²) in [5, 5.41) is 2.76. The molecule has 0 unspecified atom stereocenters. The summed E-state index contributed by atoms with van der Waals surface area (Å²) in [6, 6.07) is 24.7. The Kier molecular flexibility index (Phi) is 10.4. The lowest BCUT2D eigenvalue weighted by Crippen LogP contribution is -2.49. The van der Waals surface area contributed by atoms with Gasteiger partial charge in [-0.2, -0.15) is 0 Å². The van der Waals surface area contributed by atoms with Crippen molar-refractivity contribution in [3.63, 3.8) is 0 Å². The molecule has 0 aromatic heterocycles. The van der Waals surface area contributed by atoms with Gasteiger partial charge < -0.3 is 19.7 Å². The molecule has 0 saturated carbocycles. The van der Waals surface area contributed by atoms with Crippen LogP contribution in [0.3, 0.4) is 0 Å². The highest BCUT2D eigenvalue weighted by Crippen LogP contribution is 2.29. The molecular formula is C30H36N2O4. The van der Waals surface area contributed by atoms with E-state index < -0.39 is 6.04 Å². The standard InChI is InChI=1S/C30H36N2O4/c1-4-35-27-18-16-24(21-28(27)36-5-2)17-19-29(33)32(22-25-14-10-7-11-15-25)26(30(34)31-3)20-23-12-8-6-9-13-23/h6-16,18,21,26H,4-5,17,19-20,22H2,1-3H3,(H,31,34)/t26-/m1/s1. The number of hydrogen-bond donors (Lipinski definition) is 1. The molecule has 3 aromatic rings. The van der Waals surface area contributed by atoms with Crippen molar-refractivity contribution >= 4 is 11.8 Å². The Labute approximate surface area is 214 Å². The van der Waals surface area contributed by atoms with E-state index in [-0.39, 0.29) is 18.2 Å². The minimum absolute atomic E-state index is 0.0739. The van der Waals surface area contributed by atoms with Crippen LogP contribution in [-0.4, -0.2) is 43.0 Å². The fourth-order valence-corrected chi connectivity index (χ4v) is 4.15. The zero-order chi connectivity index (χ0) is 25.8. The number of nitrogens with one attached hydrogen (secondary N) is 1. The van der Waals surface area contributed by atoms with Crippen molar-refractivity contribution in [1.82, 2.24) is 10.2 Å². The van der Waals surface area contributed by atoms with Gasteiger partial charge in [0.15, 0.2) is 11.5 Å². The van der Waals surface area contributed by atoms with Crippen molar-refractivity contribution in [3.05, 3.63) is 95.6 Å². The average Bonchev–Trinajstić information content (AvgIpc) is 2.91. The second-order valence-corrected chi connectivity index (χ2v) is 8.47. The molecule has 0 aliphatic heterocycles. The van der Waals surface area contributed by atoms with E-state index in [0.29, 0.717) is 44.1 Å². The second kappa shape index (κ2) is 13.9. The zero-order valence-electron chi connectivity index (χ0n) is 21.4. The van der Waals surface area contributed by atoms with Crippen LogP contribution in [0.4, 0.5) is 0 Å². The number of carbonyl (C=O) groups excluding carboxylic acids is 2. The summed E-state index contributed by atoms with van der Waals surface area (Å²) in [5.41, 5.74) is 2.96. The molecule has 0 saturated heterocycles. The van der Waals surface area contributed by atoms with Gasteiger partial charge >= 0.3 is 0 Å². The van der Waals surface area contributed by atoms with Crippen LogP contribution in [0, 0.1) is 0 Å². The fraction of sp³-hybridized carbons (Fsp3) is 0.333. The summed E-state index contributed by atoms with van der Waals surface area (Å²) in [6.45, 7) is 5.30. The van der Waals surface area contributed by atoms with Crippen molar-refractivity contribution in [2.75, 3.05) is 20.3 Å². The van der Waals surface area contributed by atoms with E-state index in [9.17, 15) is 9.59 Å². The summed E-state index contributed by atoms with van der Waals surface area (Å²) < 4.78 is 11.4. The molecule has 2 amide bonds. The van der Waals surface area contributed by atoms with E-state index in [1.54, 1.807) is 11.9 Å². The van der Waals surface area contributed by atoms with E-state index in [2.05, 4.69) is 5.32 Å². The number of carbonyl (C=O) groups is 2. The van der Waals surface area contributed by atoms with Crippen molar-refractivity contribution in [3.8, 4) is 11.5 Å². The minimum Gasteiger partial charge on any atom is -0.490 e. The molecule has 3 aromatic carbocycles. The molecule has 36 heavy (non-hydrogen) atoms. The molecule has 1 N–H and O–H groups in total. The third kappa shape index (κ3) is 7.60. The van der Waals surface area contributed by atoms with Crippen molar-refractivity contribution in [1.29, 1.82) is 0 Å². The molecule has 0 heterocycles. The van der Waals surface area contributed by atoms with Gasteiger partial charge in [0.2, 0.25) is 11.8 Å². The number of aryl methyl sites for hydroxylation is 1. The van der Waals surface area contributed by atoms with Crippen LogP contribution in [0.1, 0.15) is 37.0 Å². The molecular weight excluding hydrogens is 452 g/mol. The number of rotatable bonds is 13. The SMILES string of the molecule is CCOc1ccc(CCC(=O)N(Cc2ccccc2)[C@H](Cc2ccccc2)C(=O)NC)cc1OCC. The van der Waals surface area contributed by atoms with Gasteiger partial charge in [0.05, 0.1) is 13.2 Å². The Bertz CT molecular complexity index is 1100. The van der Waals surface area contributed by atoms with E-state index >= 15 is 0 Å². The summed E-state index contributed by atoms with van der Waals surface area (Å²) in [5.74, 6) is 1.12. The van der Waals surface area contributed by atoms with E-state index in [1.165, 1.54) is 0 Å². The third-order valence-corrected chi connectivity index (χ3v) is 5.95. The molecule has 3 rings (SSSR count). The van der Waals surface area contributed by atoms with Gasteiger partial charge in [0.25, 0.3) is 0 Å². The van der Waals surface area contributed by atoms with Gasteiger partial charge in [-0.25, -0.2) is 0 Å². The number of likely N-dealkylation sites (N-methyl/N-ethyl adjacent to an activating group) is 1. The third-order valence-electron chi connectivity index (χ3n) is 5.95. The Balaban J connectivity index is 1.83. The van der Waals surface area contributed by atoms with Gasteiger partial charge in [0, 0.05) is 26.4 Å². The first-order chi connectivity index (χ1) is 17.5. The molecule has 1 atom stereocenters. The highest BCUT2D eigenvalue weighted by atomic mass is 16.5. The number of hydrogen-bond acceptors (Lipinski definition) is 4. The van der Waals surface area contributed by atoms with E-state index in [4.69, 9.17) is 9.47 Å². The van der Waals surface area contributed by atoms with Crippen molar-refractivity contribution in [2.24, 2.45) is 0 Å². The molecule has 0 bridgehead atoms. The largest absolute Gasteiger partial charge is 0.490 e. The van der Waals surface area contributed by atoms with Crippen LogP contribution in [0.2, 0.25) is 0 Å². The van der Waals surface area contributed by atoms with Crippen LogP contribution in [0.25, 0.3) is 0 Å². The second-order valence-electron chi connectivity index (χ2n) is 8.47. The Morgan fingerprint density at radius 3 is 2.03 bits per heavy atom. The number of benzene rings is 3. The lowest BCUT2D eigenvalue weighted by atomic mass is 10.0. The van der Waals surface area contributed by atoms with Crippen LogP contribution >= 0.6 is 0 Å².